The zero-order valence-corrected chi connectivity index (χ0v) is 21.2. The topological polar surface area (TPSA) is 78.9 Å². The Morgan fingerprint density at radius 3 is 2.32 bits per heavy atom. The van der Waals surface area contributed by atoms with Gasteiger partial charge in [0.15, 0.2) is 0 Å². The van der Waals surface area contributed by atoms with Crippen molar-refractivity contribution in [2.75, 3.05) is 0 Å². The first-order valence-electron chi connectivity index (χ1n) is 12.8. The van der Waals surface area contributed by atoms with Crippen LogP contribution in [0, 0.1) is 29.6 Å². The minimum atomic E-state index is -0.540. The molecule has 0 unspecified atom stereocenters. The number of hydrogen-bond donors (Lipinski definition) is 0. The molecule has 0 amide bonds. The molecule has 6 heteroatoms. The third kappa shape index (κ3) is 6.68. The lowest BCUT2D eigenvalue weighted by Crippen LogP contribution is -2.27. The quantitative estimate of drug-likeness (QED) is 0.209. The Hall–Kier alpha value is -3.85. The Bertz CT molecular complexity index is 1180. The van der Waals surface area contributed by atoms with Crippen molar-refractivity contribution in [3.05, 3.63) is 83.9 Å². The Balaban J connectivity index is 1.54. The predicted octanol–water partition coefficient (Wildman–Crippen LogP) is 5.39. The van der Waals surface area contributed by atoms with Crippen molar-refractivity contribution in [2.45, 2.75) is 57.8 Å². The monoisotopic (exact) mass is 500 g/mol. The number of ether oxygens (including phenoxy) is 3. The summed E-state index contributed by atoms with van der Waals surface area (Å²) >= 11 is 0. The summed E-state index contributed by atoms with van der Waals surface area (Å²) in [7, 11) is 0. The summed E-state index contributed by atoms with van der Waals surface area (Å²) in [5.41, 5.74) is 0.940. The summed E-state index contributed by atoms with van der Waals surface area (Å²) in [6.45, 7) is 3.98. The number of benzene rings is 2. The van der Waals surface area contributed by atoms with Gasteiger partial charge in [0.2, 0.25) is 0 Å². The zero-order valence-electron chi connectivity index (χ0n) is 21.2. The maximum Gasteiger partial charge on any atom is 0.338 e. The molecule has 2 fully saturated rings. The van der Waals surface area contributed by atoms with E-state index in [2.05, 4.69) is 11.8 Å². The maximum absolute atomic E-state index is 12.9. The summed E-state index contributed by atoms with van der Waals surface area (Å²) in [5.74, 6) is 4.74. The lowest BCUT2D eigenvalue weighted by atomic mass is 9.90. The maximum atomic E-state index is 12.9. The number of rotatable bonds is 8. The Morgan fingerprint density at radius 1 is 1.03 bits per heavy atom. The minimum Gasteiger partial charge on any atom is -0.462 e. The Kier molecular flexibility index (Phi) is 8.79. The van der Waals surface area contributed by atoms with Crippen molar-refractivity contribution in [3.8, 4) is 11.8 Å². The van der Waals surface area contributed by atoms with Gasteiger partial charge in [0.1, 0.15) is 18.3 Å². The molecule has 1 saturated heterocycles. The summed E-state index contributed by atoms with van der Waals surface area (Å²) in [4.78, 5) is 37.6. The van der Waals surface area contributed by atoms with Gasteiger partial charge in [-0.25, -0.2) is 9.59 Å². The van der Waals surface area contributed by atoms with E-state index in [9.17, 15) is 14.4 Å². The van der Waals surface area contributed by atoms with E-state index >= 15 is 0 Å². The van der Waals surface area contributed by atoms with Crippen molar-refractivity contribution in [2.24, 2.45) is 17.8 Å². The standard InChI is InChI=1S/C31H32O6/c1-3-4-7-12-21(2)26(36-30(33)22-13-8-5-9-14-22)18-17-24-25-19-29(32)35-28(25)20-27(24)37-31(34)23-15-10-6-11-16-23/h5-6,8-11,13-18,21,24-28H,3,12,19-20H2,1-2H3/b18-17+/t21-,24+,25+,26+,27+,28-/m0/s1. The second-order valence-electron chi connectivity index (χ2n) is 9.53. The summed E-state index contributed by atoms with van der Waals surface area (Å²) in [6, 6.07) is 17.7. The van der Waals surface area contributed by atoms with Crippen molar-refractivity contribution in [3.63, 3.8) is 0 Å². The second-order valence-corrected chi connectivity index (χ2v) is 9.53. The van der Waals surface area contributed by atoms with Crippen LogP contribution in [0.2, 0.25) is 0 Å². The van der Waals surface area contributed by atoms with Gasteiger partial charge < -0.3 is 14.2 Å². The fraction of sp³-hybridized carbons (Fsp3) is 0.387. The second kappa shape index (κ2) is 12.4. The van der Waals surface area contributed by atoms with E-state index in [0.717, 1.165) is 6.42 Å². The predicted molar refractivity (Wildman–Crippen MR) is 138 cm³/mol. The Labute approximate surface area is 218 Å². The van der Waals surface area contributed by atoms with Gasteiger partial charge >= 0.3 is 17.9 Å². The number of carbonyl (C=O) groups is 3. The number of carbonyl (C=O) groups excluding carboxylic acids is 3. The molecule has 2 aromatic rings. The fourth-order valence-electron chi connectivity index (χ4n) is 4.89. The van der Waals surface area contributed by atoms with Crippen LogP contribution in [0.25, 0.3) is 0 Å². The first-order valence-corrected chi connectivity index (χ1v) is 12.8. The van der Waals surface area contributed by atoms with Crippen molar-refractivity contribution < 1.29 is 28.6 Å². The first kappa shape index (κ1) is 26.2. The smallest absolute Gasteiger partial charge is 0.338 e. The molecule has 2 aliphatic rings. The van der Waals surface area contributed by atoms with Gasteiger partial charge in [-0.1, -0.05) is 56.3 Å². The number of hydrogen-bond acceptors (Lipinski definition) is 6. The molecule has 0 aromatic heterocycles. The zero-order chi connectivity index (χ0) is 26.2. The van der Waals surface area contributed by atoms with E-state index in [1.54, 1.807) is 48.5 Å². The van der Waals surface area contributed by atoms with Gasteiger partial charge in [0.05, 0.1) is 17.5 Å². The minimum absolute atomic E-state index is 0.0630. The Morgan fingerprint density at radius 2 is 1.68 bits per heavy atom. The SMILES string of the molecule is CCC#CC[C@H](C)[C@@H](/C=C/[C@@H]1[C@H]2CC(=O)O[C@H]2C[C@H]1OC(=O)c1ccccc1)OC(=O)c1ccccc1. The van der Waals surface area contributed by atoms with Gasteiger partial charge in [-0.3, -0.25) is 4.79 Å². The van der Waals surface area contributed by atoms with Crippen LogP contribution in [0.5, 0.6) is 0 Å². The van der Waals surface area contributed by atoms with Crippen LogP contribution in [-0.2, 0) is 19.0 Å². The van der Waals surface area contributed by atoms with E-state index in [1.165, 1.54) is 0 Å². The van der Waals surface area contributed by atoms with E-state index in [1.807, 2.05) is 38.1 Å². The molecular weight excluding hydrogens is 468 g/mol. The third-order valence-corrected chi connectivity index (χ3v) is 6.88. The van der Waals surface area contributed by atoms with E-state index in [-0.39, 0.29) is 36.2 Å². The normalized spacial score (nSPS) is 23.9. The van der Waals surface area contributed by atoms with Crippen LogP contribution in [0.1, 0.15) is 60.2 Å². The average molecular weight is 501 g/mol. The van der Waals surface area contributed by atoms with E-state index < -0.39 is 24.1 Å². The van der Waals surface area contributed by atoms with Gasteiger partial charge in [-0.05, 0) is 30.3 Å². The molecule has 1 heterocycles. The van der Waals surface area contributed by atoms with Crippen molar-refractivity contribution in [1.29, 1.82) is 0 Å². The molecule has 6 atom stereocenters. The van der Waals surface area contributed by atoms with Crippen LogP contribution in [0.3, 0.4) is 0 Å². The summed E-state index contributed by atoms with van der Waals surface area (Å²) in [6.07, 6.45) is 4.53. The highest BCUT2D eigenvalue weighted by atomic mass is 16.6. The van der Waals surface area contributed by atoms with Gasteiger partial charge in [0, 0.05) is 37.0 Å². The highest BCUT2D eigenvalue weighted by Gasteiger charge is 2.50. The highest BCUT2D eigenvalue weighted by Crippen LogP contribution is 2.44. The lowest BCUT2D eigenvalue weighted by Gasteiger charge is -2.23. The highest BCUT2D eigenvalue weighted by molar-refractivity contribution is 5.90. The molecule has 6 nitrogen and oxygen atoms in total. The molecule has 0 N–H and O–H groups in total. The van der Waals surface area contributed by atoms with Crippen molar-refractivity contribution >= 4 is 17.9 Å². The molecule has 0 spiro atoms. The van der Waals surface area contributed by atoms with Crippen LogP contribution < -0.4 is 0 Å². The average Bonchev–Trinajstić information content (AvgIpc) is 3.42. The fourth-order valence-corrected chi connectivity index (χ4v) is 4.89. The summed E-state index contributed by atoms with van der Waals surface area (Å²) in [5, 5.41) is 0. The molecule has 0 radical (unpaired) electrons. The van der Waals surface area contributed by atoms with Crippen LogP contribution >= 0.6 is 0 Å². The molecule has 37 heavy (non-hydrogen) atoms. The molecule has 2 aromatic carbocycles. The summed E-state index contributed by atoms with van der Waals surface area (Å²) < 4.78 is 17.3. The van der Waals surface area contributed by atoms with Crippen LogP contribution in [0.4, 0.5) is 0 Å². The molecule has 1 aliphatic heterocycles. The van der Waals surface area contributed by atoms with E-state index in [4.69, 9.17) is 14.2 Å². The van der Waals surface area contributed by atoms with E-state index in [0.29, 0.717) is 24.0 Å². The molecule has 1 aliphatic carbocycles. The molecule has 4 rings (SSSR count). The first-order chi connectivity index (χ1) is 18.0. The van der Waals surface area contributed by atoms with Gasteiger partial charge in [0.25, 0.3) is 0 Å². The third-order valence-electron chi connectivity index (χ3n) is 6.88. The molecular formula is C31H32O6. The molecule has 0 bridgehead atoms. The largest absolute Gasteiger partial charge is 0.462 e. The van der Waals surface area contributed by atoms with Gasteiger partial charge in [-0.2, -0.15) is 0 Å². The number of fused-ring (bicyclic) bond motifs is 1. The number of esters is 3. The van der Waals surface area contributed by atoms with Crippen LogP contribution in [0.15, 0.2) is 72.8 Å². The van der Waals surface area contributed by atoms with Crippen LogP contribution in [-0.4, -0.2) is 36.2 Å². The molecule has 1 saturated carbocycles. The van der Waals surface area contributed by atoms with Crippen molar-refractivity contribution in [1.82, 2.24) is 0 Å². The molecule has 192 valence electrons. The van der Waals surface area contributed by atoms with Gasteiger partial charge in [-0.15, -0.1) is 11.8 Å². The lowest BCUT2D eigenvalue weighted by molar-refractivity contribution is -0.141.